The van der Waals surface area contributed by atoms with E-state index in [2.05, 4.69) is 21.6 Å². The summed E-state index contributed by atoms with van der Waals surface area (Å²) in [5.41, 5.74) is 4.96. The first-order valence-electron chi connectivity index (χ1n) is 11.0. The number of hydrogen-bond acceptors (Lipinski definition) is 6. The quantitative estimate of drug-likeness (QED) is 0.732. The van der Waals surface area contributed by atoms with E-state index in [1.165, 1.54) is 18.4 Å². The molecule has 0 unspecified atom stereocenters. The third-order valence-corrected chi connectivity index (χ3v) is 7.10. The summed E-state index contributed by atoms with van der Waals surface area (Å²) >= 11 is 0. The largest absolute Gasteiger partial charge is 0.507 e. The van der Waals surface area contributed by atoms with Crippen LogP contribution < -0.4 is 5.32 Å². The molecular weight excluding hydrogens is 366 g/mol. The maximum absolute atomic E-state index is 10.8. The van der Waals surface area contributed by atoms with E-state index < -0.39 is 0 Å². The second kappa shape index (κ2) is 6.67. The maximum atomic E-state index is 10.8. The summed E-state index contributed by atoms with van der Waals surface area (Å²) in [5, 5.41) is 33.6. The Morgan fingerprint density at radius 1 is 1.03 bits per heavy atom. The van der Waals surface area contributed by atoms with Crippen molar-refractivity contribution in [3.05, 3.63) is 34.9 Å². The molecule has 2 bridgehead atoms. The molecule has 29 heavy (non-hydrogen) atoms. The van der Waals surface area contributed by atoms with Crippen molar-refractivity contribution in [3.63, 3.8) is 0 Å². The van der Waals surface area contributed by atoms with E-state index in [0.29, 0.717) is 5.92 Å². The molecular formula is C23H27N3O3. The van der Waals surface area contributed by atoms with Crippen molar-refractivity contribution in [2.45, 2.75) is 81.6 Å². The number of aliphatic hydroxyl groups is 1. The van der Waals surface area contributed by atoms with Crippen molar-refractivity contribution in [1.29, 1.82) is 0 Å². The van der Waals surface area contributed by atoms with Crippen molar-refractivity contribution >= 4 is 5.82 Å². The molecule has 0 amide bonds. The van der Waals surface area contributed by atoms with Gasteiger partial charge in [-0.15, -0.1) is 10.2 Å². The number of benzene rings is 1. The summed E-state index contributed by atoms with van der Waals surface area (Å²) in [6, 6.07) is 6.04. The summed E-state index contributed by atoms with van der Waals surface area (Å²) in [7, 11) is 0. The SMILES string of the molecule is Oc1cc(C2CC2)ccc1-c1nnc(N[C@@H]2CCC[C@H]2O)c2c1C[C@H]1CC[C@@H]2O1. The Kier molecular flexibility index (Phi) is 4.06. The molecule has 6 rings (SSSR count). The van der Waals surface area contributed by atoms with Crippen LogP contribution in [0.15, 0.2) is 18.2 Å². The Morgan fingerprint density at radius 2 is 1.93 bits per heavy atom. The number of hydrogen-bond donors (Lipinski definition) is 3. The van der Waals surface area contributed by atoms with Crippen LogP contribution in [0.3, 0.4) is 0 Å². The Bertz CT molecular complexity index is 959. The highest BCUT2D eigenvalue weighted by Crippen LogP contribution is 2.48. The van der Waals surface area contributed by atoms with Gasteiger partial charge in [0.05, 0.1) is 24.4 Å². The van der Waals surface area contributed by atoms with E-state index in [1.807, 2.05) is 12.1 Å². The van der Waals surface area contributed by atoms with E-state index in [-0.39, 0.29) is 30.1 Å². The first-order chi connectivity index (χ1) is 14.2. The Labute approximate surface area is 170 Å². The molecule has 1 aromatic heterocycles. The zero-order chi connectivity index (χ0) is 19.5. The molecule has 2 aliphatic heterocycles. The van der Waals surface area contributed by atoms with Crippen molar-refractivity contribution < 1.29 is 14.9 Å². The van der Waals surface area contributed by atoms with Gasteiger partial charge in [0.25, 0.3) is 0 Å². The van der Waals surface area contributed by atoms with Crippen LogP contribution in [-0.2, 0) is 11.2 Å². The molecule has 152 valence electrons. The molecule has 4 atom stereocenters. The summed E-state index contributed by atoms with van der Waals surface area (Å²) in [5.74, 6) is 1.63. The number of phenolic OH excluding ortho intramolecular Hbond substituents is 1. The monoisotopic (exact) mass is 393 g/mol. The molecule has 6 heteroatoms. The fourth-order valence-corrected chi connectivity index (χ4v) is 5.36. The number of ether oxygens (including phenoxy) is 1. The van der Waals surface area contributed by atoms with Crippen LogP contribution in [0, 0.1) is 0 Å². The van der Waals surface area contributed by atoms with Gasteiger partial charge < -0.3 is 20.3 Å². The molecule has 2 aliphatic carbocycles. The van der Waals surface area contributed by atoms with Crippen LogP contribution in [0.25, 0.3) is 11.3 Å². The molecule has 0 spiro atoms. The Balaban J connectivity index is 1.43. The molecule has 6 nitrogen and oxygen atoms in total. The van der Waals surface area contributed by atoms with Crippen LogP contribution in [-0.4, -0.2) is 38.7 Å². The number of aromatic hydroxyl groups is 1. The number of aliphatic hydroxyl groups excluding tert-OH is 1. The van der Waals surface area contributed by atoms with E-state index in [4.69, 9.17) is 4.74 Å². The molecule has 3 fully saturated rings. The van der Waals surface area contributed by atoms with Gasteiger partial charge in [-0.05, 0) is 74.1 Å². The Morgan fingerprint density at radius 3 is 2.69 bits per heavy atom. The van der Waals surface area contributed by atoms with Gasteiger partial charge in [0, 0.05) is 17.5 Å². The maximum Gasteiger partial charge on any atom is 0.155 e. The summed E-state index contributed by atoms with van der Waals surface area (Å²) in [4.78, 5) is 0. The molecule has 3 N–H and O–H groups in total. The van der Waals surface area contributed by atoms with Gasteiger partial charge in [-0.3, -0.25) is 0 Å². The molecule has 4 aliphatic rings. The first-order valence-corrected chi connectivity index (χ1v) is 11.0. The summed E-state index contributed by atoms with van der Waals surface area (Å²) in [6.45, 7) is 0. The average Bonchev–Trinajstić information content (AvgIpc) is 3.40. The van der Waals surface area contributed by atoms with Gasteiger partial charge in [0.2, 0.25) is 0 Å². The van der Waals surface area contributed by atoms with Crippen LogP contribution in [0.4, 0.5) is 5.82 Å². The molecule has 2 saturated carbocycles. The van der Waals surface area contributed by atoms with E-state index >= 15 is 0 Å². The highest BCUT2D eigenvalue weighted by atomic mass is 16.5. The van der Waals surface area contributed by atoms with Crippen molar-refractivity contribution in [2.24, 2.45) is 0 Å². The fourth-order valence-electron chi connectivity index (χ4n) is 5.36. The number of anilines is 1. The normalized spacial score (nSPS) is 30.4. The van der Waals surface area contributed by atoms with E-state index in [9.17, 15) is 10.2 Å². The van der Waals surface area contributed by atoms with Crippen molar-refractivity contribution in [3.8, 4) is 17.0 Å². The van der Waals surface area contributed by atoms with Crippen LogP contribution in [0.1, 0.15) is 73.7 Å². The van der Waals surface area contributed by atoms with Crippen LogP contribution in [0.2, 0.25) is 0 Å². The average molecular weight is 393 g/mol. The highest BCUT2D eigenvalue weighted by Gasteiger charge is 2.39. The van der Waals surface area contributed by atoms with Gasteiger partial charge >= 0.3 is 0 Å². The second-order valence-electron chi connectivity index (χ2n) is 9.12. The minimum absolute atomic E-state index is 0.0182. The summed E-state index contributed by atoms with van der Waals surface area (Å²) < 4.78 is 6.20. The molecule has 2 aromatic rings. The van der Waals surface area contributed by atoms with Gasteiger partial charge in [-0.2, -0.15) is 0 Å². The van der Waals surface area contributed by atoms with Crippen LogP contribution in [0.5, 0.6) is 5.75 Å². The number of nitrogens with zero attached hydrogens (tertiary/aromatic N) is 2. The molecule has 3 heterocycles. The number of aromatic nitrogens is 2. The minimum Gasteiger partial charge on any atom is -0.507 e. The van der Waals surface area contributed by atoms with E-state index in [0.717, 1.165) is 66.7 Å². The zero-order valence-electron chi connectivity index (χ0n) is 16.5. The van der Waals surface area contributed by atoms with Crippen molar-refractivity contribution in [1.82, 2.24) is 10.2 Å². The predicted octanol–water partition coefficient (Wildman–Crippen LogP) is 3.83. The molecule has 0 radical (unpaired) electrons. The third kappa shape index (κ3) is 3.01. The molecule has 1 aromatic carbocycles. The number of phenols is 1. The zero-order valence-corrected chi connectivity index (χ0v) is 16.5. The number of rotatable bonds is 4. The second-order valence-corrected chi connectivity index (χ2v) is 9.12. The van der Waals surface area contributed by atoms with Crippen molar-refractivity contribution in [2.75, 3.05) is 5.32 Å². The smallest absolute Gasteiger partial charge is 0.155 e. The summed E-state index contributed by atoms with van der Waals surface area (Å²) in [6.07, 6.45) is 7.93. The van der Waals surface area contributed by atoms with Gasteiger partial charge in [0.1, 0.15) is 11.4 Å². The van der Waals surface area contributed by atoms with Gasteiger partial charge in [0.15, 0.2) is 5.82 Å². The van der Waals surface area contributed by atoms with Crippen LogP contribution >= 0.6 is 0 Å². The number of nitrogens with one attached hydrogen (secondary N) is 1. The third-order valence-electron chi connectivity index (χ3n) is 7.10. The minimum atomic E-state index is -0.341. The lowest BCUT2D eigenvalue weighted by Gasteiger charge is -2.29. The fraction of sp³-hybridized carbons (Fsp3) is 0.565. The van der Waals surface area contributed by atoms with Gasteiger partial charge in [-0.1, -0.05) is 6.07 Å². The standard InChI is InChI=1S/C23H27N3O3/c27-18-3-1-2-17(18)24-23-21-16(11-14-7-9-20(21)29-14)22(25-26-23)15-8-6-13(10-19(15)28)12-4-5-12/h6,8,10,12,14,17-18,20,27-28H,1-5,7,9,11H2,(H,24,26)/t14-,17-,18-,20+/m1/s1. The molecule has 1 saturated heterocycles. The highest BCUT2D eigenvalue weighted by molar-refractivity contribution is 5.73. The lowest BCUT2D eigenvalue weighted by Crippen LogP contribution is -2.30. The Hall–Kier alpha value is -2.18. The van der Waals surface area contributed by atoms with Gasteiger partial charge in [-0.25, -0.2) is 0 Å². The topological polar surface area (TPSA) is 87.5 Å². The first kappa shape index (κ1) is 17.7. The predicted molar refractivity (Wildman–Crippen MR) is 109 cm³/mol. The lowest BCUT2D eigenvalue weighted by molar-refractivity contribution is 0.0325. The van der Waals surface area contributed by atoms with E-state index in [1.54, 1.807) is 0 Å². The number of fused-ring (bicyclic) bond motifs is 4. The lowest BCUT2D eigenvalue weighted by atomic mass is 9.93.